The smallest absolute Gasteiger partial charge is 0.336 e. The minimum absolute atomic E-state index is 0.228. The second-order valence-corrected chi connectivity index (χ2v) is 3.56. The van der Waals surface area contributed by atoms with E-state index in [-0.39, 0.29) is 11.1 Å². The third-order valence-corrected chi connectivity index (χ3v) is 2.04. The number of carboxylic acids is 2. The predicted octanol–water partition coefficient (Wildman–Crippen LogP) is 2.17. The van der Waals surface area contributed by atoms with Gasteiger partial charge < -0.3 is 14.6 Å². The molecule has 0 bridgehead atoms. The number of carboxylic acid groups (broad SMARTS) is 2. The quantitative estimate of drug-likeness (QED) is 0.617. The van der Waals surface area contributed by atoms with Crippen molar-refractivity contribution in [3.63, 3.8) is 0 Å². The normalized spacial score (nSPS) is 11.1. The van der Waals surface area contributed by atoms with Gasteiger partial charge in [0.15, 0.2) is 0 Å². The van der Waals surface area contributed by atoms with Crippen molar-refractivity contribution in [3.8, 4) is 0 Å². The van der Waals surface area contributed by atoms with Crippen LogP contribution in [-0.4, -0.2) is 22.2 Å². The van der Waals surface area contributed by atoms with E-state index in [0.29, 0.717) is 11.3 Å². The van der Waals surface area contributed by atoms with Crippen LogP contribution in [0, 0.1) is 0 Å². The van der Waals surface area contributed by atoms with E-state index in [1.54, 1.807) is 26.0 Å². The Morgan fingerprint density at radius 1 is 1.24 bits per heavy atom. The summed E-state index contributed by atoms with van der Waals surface area (Å²) < 4.78 is 4.97. The van der Waals surface area contributed by atoms with Gasteiger partial charge in [-0.1, -0.05) is 5.57 Å². The van der Waals surface area contributed by atoms with E-state index in [4.69, 9.17) is 14.6 Å². The second kappa shape index (κ2) is 5.16. The highest BCUT2D eigenvalue weighted by Gasteiger charge is 2.21. The van der Waals surface area contributed by atoms with Crippen molar-refractivity contribution in [2.75, 3.05) is 0 Å². The first-order chi connectivity index (χ1) is 7.93. The van der Waals surface area contributed by atoms with E-state index in [0.717, 1.165) is 0 Å². The molecule has 17 heavy (non-hydrogen) atoms. The molecule has 0 atom stereocenters. The van der Waals surface area contributed by atoms with Gasteiger partial charge in [-0.15, -0.1) is 0 Å². The molecule has 5 heteroatoms. The number of allylic oxidation sites excluding steroid dienone is 1. The maximum Gasteiger partial charge on any atom is 0.336 e. The van der Waals surface area contributed by atoms with Crippen molar-refractivity contribution in [3.05, 3.63) is 40.9 Å². The topological polar surface area (TPSA) is 87.7 Å². The molecule has 0 spiro atoms. The number of hydrogen-bond acceptors (Lipinski definition) is 3. The van der Waals surface area contributed by atoms with Gasteiger partial charge in [-0.05, 0) is 32.1 Å². The molecule has 1 rings (SSSR count). The Morgan fingerprint density at radius 2 is 1.88 bits per heavy atom. The molecule has 1 aromatic rings. The molecule has 5 nitrogen and oxygen atoms in total. The van der Waals surface area contributed by atoms with Crippen molar-refractivity contribution >= 4 is 18.0 Å². The summed E-state index contributed by atoms with van der Waals surface area (Å²) in [6.45, 7) is 3.09. The monoisotopic (exact) mass is 236 g/mol. The molecule has 1 heterocycles. The van der Waals surface area contributed by atoms with Crippen LogP contribution in [0.1, 0.15) is 19.6 Å². The average Bonchev–Trinajstić information content (AvgIpc) is 2.67. The molecule has 0 unspecified atom stereocenters. The van der Waals surface area contributed by atoms with Crippen LogP contribution in [0.15, 0.2) is 39.5 Å². The lowest BCUT2D eigenvalue weighted by molar-refractivity contribution is -0.136. The summed E-state index contributed by atoms with van der Waals surface area (Å²) >= 11 is 0. The van der Waals surface area contributed by atoms with Crippen LogP contribution in [-0.2, 0) is 9.59 Å². The van der Waals surface area contributed by atoms with Gasteiger partial charge in [-0.3, -0.25) is 0 Å². The third-order valence-electron chi connectivity index (χ3n) is 2.04. The average molecular weight is 236 g/mol. The van der Waals surface area contributed by atoms with Gasteiger partial charge in [-0.25, -0.2) is 9.59 Å². The van der Waals surface area contributed by atoms with Gasteiger partial charge in [-0.2, -0.15) is 0 Å². The summed E-state index contributed by atoms with van der Waals surface area (Å²) in [6.07, 6.45) is 2.58. The molecule has 0 amide bonds. The van der Waals surface area contributed by atoms with Crippen LogP contribution in [0.5, 0.6) is 0 Å². The maximum absolute atomic E-state index is 11.1. The Labute approximate surface area is 97.7 Å². The summed E-state index contributed by atoms with van der Waals surface area (Å²) in [7, 11) is 0. The molecular weight excluding hydrogens is 224 g/mol. The highest BCUT2D eigenvalue weighted by Crippen LogP contribution is 2.19. The summed E-state index contributed by atoms with van der Waals surface area (Å²) in [4.78, 5) is 22.1. The van der Waals surface area contributed by atoms with Gasteiger partial charge in [0.2, 0.25) is 0 Å². The molecule has 0 fully saturated rings. The van der Waals surface area contributed by atoms with Crippen molar-refractivity contribution in [1.82, 2.24) is 0 Å². The van der Waals surface area contributed by atoms with Crippen LogP contribution in [0.4, 0.5) is 0 Å². The largest absolute Gasteiger partial charge is 0.478 e. The van der Waals surface area contributed by atoms with Crippen LogP contribution in [0.3, 0.4) is 0 Å². The molecule has 2 N–H and O–H groups in total. The van der Waals surface area contributed by atoms with Crippen molar-refractivity contribution < 1.29 is 24.2 Å². The molecule has 0 aromatic carbocycles. The molecule has 0 radical (unpaired) electrons. The van der Waals surface area contributed by atoms with Gasteiger partial charge >= 0.3 is 11.9 Å². The van der Waals surface area contributed by atoms with Crippen LogP contribution < -0.4 is 0 Å². The first-order valence-electron chi connectivity index (χ1n) is 4.83. The fourth-order valence-corrected chi connectivity index (χ4v) is 1.35. The summed E-state index contributed by atoms with van der Waals surface area (Å²) in [5, 5.41) is 18.0. The van der Waals surface area contributed by atoms with E-state index < -0.39 is 11.9 Å². The number of aliphatic carboxylic acids is 2. The van der Waals surface area contributed by atoms with Crippen molar-refractivity contribution in [2.45, 2.75) is 13.8 Å². The molecule has 0 saturated heterocycles. The SMILES string of the molecule is CC(C)=C(C(=O)O)/C(=C/c1ccco1)C(=O)O. The number of hydrogen-bond donors (Lipinski definition) is 2. The molecule has 0 aliphatic rings. The van der Waals surface area contributed by atoms with Crippen LogP contribution in [0.2, 0.25) is 0 Å². The Kier molecular flexibility index (Phi) is 3.87. The number of furan rings is 1. The first-order valence-corrected chi connectivity index (χ1v) is 4.83. The standard InChI is InChI=1S/C12H12O5/c1-7(2)10(12(15)16)9(11(13)14)6-8-4-3-5-17-8/h3-6H,1-2H3,(H,13,14)(H,15,16)/b9-6-. The highest BCUT2D eigenvalue weighted by molar-refractivity contribution is 6.08. The van der Waals surface area contributed by atoms with Crippen LogP contribution >= 0.6 is 0 Å². The highest BCUT2D eigenvalue weighted by atomic mass is 16.4. The Balaban J connectivity index is 3.32. The van der Waals surface area contributed by atoms with Crippen molar-refractivity contribution in [1.29, 1.82) is 0 Å². The fourth-order valence-electron chi connectivity index (χ4n) is 1.35. The molecular formula is C12H12O5. The van der Waals surface area contributed by atoms with E-state index in [2.05, 4.69) is 0 Å². The lowest BCUT2D eigenvalue weighted by Gasteiger charge is -2.05. The zero-order valence-corrected chi connectivity index (χ0v) is 9.43. The molecule has 90 valence electrons. The minimum Gasteiger partial charge on any atom is -0.478 e. The number of carbonyl (C=O) groups is 2. The van der Waals surface area contributed by atoms with E-state index in [1.807, 2.05) is 0 Å². The molecule has 0 aliphatic heterocycles. The summed E-state index contributed by atoms with van der Waals surface area (Å²) in [5.41, 5.74) is -0.112. The van der Waals surface area contributed by atoms with Crippen molar-refractivity contribution in [2.24, 2.45) is 0 Å². The van der Waals surface area contributed by atoms with Gasteiger partial charge in [0.25, 0.3) is 0 Å². The summed E-state index contributed by atoms with van der Waals surface area (Å²) in [5.74, 6) is -2.28. The minimum atomic E-state index is -1.31. The Bertz CT molecular complexity index is 487. The van der Waals surface area contributed by atoms with E-state index in [9.17, 15) is 9.59 Å². The fraction of sp³-hybridized carbons (Fsp3) is 0.167. The molecule has 0 aliphatic carbocycles. The lowest BCUT2D eigenvalue weighted by atomic mass is 10.0. The molecule has 1 aromatic heterocycles. The zero-order valence-electron chi connectivity index (χ0n) is 9.43. The zero-order chi connectivity index (χ0) is 13.0. The molecule has 0 saturated carbocycles. The summed E-state index contributed by atoms with van der Waals surface area (Å²) in [6, 6.07) is 3.14. The Hall–Kier alpha value is -2.30. The van der Waals surface area contributed by atoms with Gasteiger partial charge in [0.05, 0.1) is 17.4 Å². The first kappa shape index (κ1) is 12.8. The maximum atomic E-state index is 11.1. The predicted molar refractivity (Wildman–Crippen MR) is 60.3 cm³/mol. The Morgan fingerprint density at radius 3 is 2.24 bits per heavy atom. The van der Waals surface area contributed by atoms with Gasteiger partial charge in [0.1, 0.15) is 5.76 Å². The lowest BCUT2D eigenvalue weighted by Crippen LogP contribution is -2.12. The van der Waals surface area contributed by atoms with E-state index in [1.165, 1.54) is 12.3 Å². The third kappa shape index (κ3) is 3.07. The second-order valence-electron chi connectivity index (χ2n) is 3.56. The number of rotatable bonds is 4. The van der Waals surface area contributed by atoms with Gasteiger partial charge in [0, 0.05) is 0 Å². The van der Waals surface area contributed by atoms with E-state index >= 15 is 0 Å². The van der Waals surface area contributed by atoms with Crippen LogP contribution in [0.25, 0.3) is 6.08 Å².